The van der Waals surface area contributed by atoms with E-state index in [4.69, 9.17) is 5.73 Å². The van der Waals surface area contributed by atoms with Crippen LogP contribution in [-0.4, -0.2) is 77.8 Å². The molecule has 8 nitrogen and oxygen atoms in total. The van der Waals surface area contributed by atoms with Crippen molar-refractivity contribution in [1.29, 1.82) is 5.26 Å². The van der Waals surface area contributed by atoms with Crippen LogP contribution in [-0.2, 0) is 16.6 Å². The van der Waals surface area contributed by atoms with Gasteiger partial charge in [-0.2, -0.15) is 5.26 Å². The van der Waals surface area contributed by atoms with E-state index in [0.29, 0.717) is 25.1 Å². The number of hydrogen-bond donors (Lipinski definition) is 2. The number of aromatic nitrogens is 1. The van der Waals surface area contributed by atoms with Crippen LogP contribution in [0.3, 0.4) is 0 Å². The van der Waals surface area contributed by atoms with E-state index in [1.54, 1.807) is 6.07 Å². The summed E-state index contributed by atoms with van der Waals surface area (Å²) in [6, 6.07) is 12.0. The Morgan fingerprint density at radius 3 is 2.52 bits per heavy atom. The average Bonchev–Trinajstić information content (AvgIpc) is 3.55. The first-order valence-corrected chi connectivity index (χ1v) is 15.3. The quantitative estimate of drug-likeness (QED) is 0.460. The monoisotopic (exact) mass is 566 g/mol. The van der Waals surface area contributed by atoms with Crippen molar-refractivity contribution < 1.29 is 9.59 Å². The molecule has 0 unspecified atom stereocenters. The molecule has 2 fully saturated rings. The first-order chi connectivity index (χ1) is 20.0. The highest BCUT2D eigenvalue weighted by atomic mass is 16.2. The number of benzene rings is 2. The Hall–Kier alpha value is -3.67. The number of anilines is 1. The minimum atomic E-state index is -0.417. The van der Waals surface area contributed by atoms with Crippen molar-refractivity contribution in [3.63, 3.8) is 0 Å². The van der Waals surface area contributed by atoms with Crippen LogP contribution in [0.1, 0.15) is 85.3 Å². The number of aromatic amines is 1. The summed E-state index contributed by atoms with van der Waals surface area (Å²) in [6.07, 6.45) is 3.29. The van der Waals surface area contributed by atoms with Gasteiger partial charge in [0.15, 0.2) is 5.78 Å². The maximum absolute atomic E-state index is 13.9. The maximum Gasteiger partial charge on any atom is 0.222 e. The molecule has 6 rings (SSSR count). The number of piperazine rings is 1. The molecular formula is C34H42N6O2. The Morgan fingerprint density at radius 2 is 1.86 bits per heavy atom. The van der Waals surface area contributed by atoms with Gasteiger partial charge in [0.25, 0.3) is 0 Å². The number of nitrogens with zero attached hydrogens (tertiary/aromatic N) is 4. The lowest BCUT2D eigenvalue weighted by Crippen LogP contribution is -2.49. The largest absolute Gasteiger partial charge is 0.368 e. The summed E-state index contributed by atoms with van der Waals surface area (Å²) in [5.41, 5.74) is 12.9. The second kappa shape index (κ2) is 10.6. The van der Waals surface area contributed by atoms with Gasteiger partial charge >= 0.3 is 0 Å². The molecule has 2 aliphatic heterocycles. The number of hydrogen-bond acceptors (Lipinski definition) is 6. The van der Waals surface area contributed by atoms with E-state index in [2.05, 4.69) is 60.7 Å². The van der Waals surface area contributed by atoms with Gasteiger partial charge in [0.05, 0.1) is 17.2 Å². The number of carbonyl (C=O) groups excluding carboxylic acids is 2. The SMILES string of the molecule is CCc1cc2c(cc1N1CCN(C(=O)CCCN3CC[C@@](C)(N)C3)CC1)C(C)(C)c1[nH]c3cc(C#N)ccc3c1C2=O. The fraction of sp³-hybridized carbons (Fsp3) is 0.500. The van der Waals surface area contributed by atoms with Gasteiger partial charge in [0, 0.05) is 77.9 Å². The van der Waals surface area contributed by atoms with E-state index < -0.39 is 5.41 Å². The molecule has 1 amide bonds. The zero-order valence-corrected chi connectivity index (χ0v) is 25.3. The van der Waals surface area contributed by atoms with E-state index in [9.17, 15) is 14.9 Å². The van der Waals surface area contributed by atoms with Crippen molar-refractivity contribution in [3.05, 3.63) is 63.8 Å². The zero-order valence-electron chi connectivity index (χ0n) is 25.3. The Kier molecular flexibility index (Phi) is 7.15. The van der Waals surface area contributed by atoms with E-state index in [1.165, 1.54) is 0 Å². The molecule has 1 atom stereocenters. The number of nitrogens with one attached hydrogen (secondary N) is 1. The summed E-state index contributed by atoms with van der Waals surface area (Å²) in [5, 5.41) is 10.3. The average molecular weight is 567 g/mol. The van der Waals surface area contributed by atoms with Gasteiger partial charge in [-0.3, -0.25) is 9.59 Å². The molecule has 3 N–H and O–H groups in total. The minimum Gasteiger partial charge on any atom is -0.368 e. The number of carbonyl (C=O) groups is 2. The molecule has 8 heteroatoms. The molecule has 0 bridgehead atoms. The van der Waals surface area contributed by atoms with Crippen molar-refractivity contribution in [3.8, 4) is 6.07 Å². The minimum absolute atomic E-state index is 0.0389. The molecule has 3 aliphatic rings. The maximum atomic E-state index is 13.9. The zero-order chi connectivity index (χ0) is 29.8. The third-order valence-electron chi connectivity index (χ3n) is 9.72. The van der Waals surface area contributed by atoms with Crippen molar-refractivity contribution in [2.75, 3.05) is 50.7 Å². The summed E-state index contributed by atoms with van der Waals surface area (Å²) >= 11 is 0. The number of likely N-dealkylation sites (tertiary alicyclic amines) is 1. The third kappa shape index (κ3) is 4.89. The first kappa shape index (κ1) is 28.4. The van der Waals surface area contributed by atoms with Crippen molar-refractivity contribution >= 4 is 28.3 Å². The van der Waals surface area contributed by atoms with Crippen LogP contribution in [0.2, 0.25) is 0 Å². The molecule has 42 heavy (non-hydrogen) atoms. The number of fused-ring (bicyclic) bond motifs is 4. The summed E-state index contributed by atoms with van der Waals surface area (Å²) in [6.45, 7) is 14.4. The standard InChI is InChI=1S/C34H42N6O2/c1-5-23-18-25-26(33(2,3)32-30(31(25)42)24-9-8-22(20-35)17-27(24)37-32)19-28(23)39-13-15-40(16-14-39)29(41)7-6-11-38-12-10-34(4,36)21-38/h8-9,17-19,37H,5-7,10-16,21,36H2,1-4H3/t34-/m1/s1. The Labute approximate surface area is 248 Å². The van der Waals surface area contributed by atoms with Crippen LogP contribution in [0.25, 0.3) is 10.9 Å². The molecule has 2 saturated heterocycles. The number of amides is 1. The van der Waals surface area contributed by atoms with Gasteiger partial charge in [-0.25, -0.2) is 0 Å². The summed E-state index contributed by atoms with van der Waals surface area (Å²) in [4.78, 5) is 37.2. The van der Waals surface area contributed by atoms with Crippen molar-refractivity contribution in [1.82, 2.24) is 14.8 Å². The number of H-pyrrole nitrogens is 1. The Bertz CT molecular complexity index is 1600. The number of aryl methyl sites for hydroxylation is 1. The molecular weight excluding hydrogens is 524 g/mol. The smallest absolute Gasteiger partial charge is 0.222 e. The molecule has 0 radical (unpaired) electrons. The summed E-state index contributed by atoms with van der Waals surface area (Å²) < 4.78 is 0. The molecule has 3 heterocycles. The Balaban J connectivity index is 1.19. The number of nitriles is 1. The van der Waals surface area contributed by atoms with Gasteiger partial charge in [0.1, 0.15) is 0 Å². The molecule has 1 aliphatic carbocycles. The fourth-order valence-corrected chi connectivity index (χ4v) is 7.24. The molecule has 220 valence electrons. The molecule has 0 spiro atoms. The lowest BCUT2D eigenvalue weighted by atomic mass is 9.70. The molecule has 0 saturated carbocycles. The number of nitrogens with two attached hydrogens (primary N) is 1. The highest BCUT2D eigenvalue weighted by Crippen LogP contribution is 2.45. The number of ketones is 1. The van der Waals surface area contributed by atoms with E-state index in [-0.39, 0.29) is 17.2 Å². The van der Waals surface area contributed by atoms with Crippen LogP contribution in [0.4, 0.5) is 5.69 Å². The van der Waals surface area contributed by atoms with Crippen LogP contribution < -0.4 is 10.6 Å². The normalized spacial score (nSPS) is 21.9. The first-order valence-electron chi connectivity index (χ1n) is 15.3. The topological polar surface area (TPSA) is 109 Å². The lowest BCUT2D eigenvalue weighted by Gasteiger charge is -2.39. The van der Waals surface area contributed by atoms with Gasteiger partial charge < -0.3 is 25.4 Å². The summed E-state index contributed by atoms with van der Waals surface area (Å²) in [7, 11) is 0. The van der Waals surface area contributed by atoms with Gasteiger partial charge in [0.2, 0.25) is 5.91 Å². The lowest BCUT2D eigenvalue weighted by molar-refractivity contribution is -0.131. The highest BCUT2D eigenvalue weighted by Gasteiger charge is 2.40. The van der Waals surface area contributed by atoms with E-state index in [0.717, 1.165) is 96.5 Å². The van der Waals surface area contributed by atoms with Crippen molar-refractivity contribution in [2.45, 2.75) is 64.3 Å². The summed E-state index contributed by atoms with van der Waals surface area (Å²) in [5.74, 6) is 0.278. The van der Waals surface area contributed by atoms with Gasteiger partial charge in [-0.05, 0) is 74.7 Å². The third-order valence-corrected chi connectivity index (χ3v) is 9.72. The molecule has 1 aromatic heterocycles. The Morgan fingerprint density at radius 1 is 1.10 bits per heavy atom. The van der Waals surface area contributed by atoms with Gasteiger partial charge in [-0.15, -0.1) is 0 Å². The van der Waals surface area contributed by atoms with Crippen LogP contribution >= 0.6 is 0 Å². The van der Waals surface area contributed by atoms with Crippen molar-refractivity contribution in [2.24, 2.45) is 5.73 Å². The van der Waals surface area contributed by atoms with Crippen LogP contribution in [0.15, 0.2) is 30.3 Å². The number of rotatable bonds is 6. The van der Waals surface area contributed by atoms with Gasteiger partial charge in [-0.1, -0.05) is 26.8 Å². The second-order valence-electron chi connectivity index (χ2n) is 13.2. The van der Waals surface area contributed by atoms with Crippen LogP contribution in [0, 0.1) is 11.3 Å². The fourth-order valence-electron chi connectivity index (χ4n) is 7.24. The van der Waals surface area contributed by atoms with E-state index >= 15 is 0 Å². The van der Waals surface area contributed by atoms with Crippen LogP contribution in [0.5, 0.6) is 0 Å². The molecule has 2 aromatic carbocycles. The second-order valence-corrected chi connectivity index (χ2v) is 13.2. The molecule has 3 aromatic rings. The van der Waals surface area contributed by atoms with E-state index in [1.807, 2.05) is 17.0 Å². The predicted molar refractivity (Wildman–Crippen MR) is 166 cm³/mol. The predicted octanol–water partition coefficient (Wildman–Crippen LogP) is 4.32. The highest BCUT2D eigenvalue weighted by molar-refractivity contribution is 6.20.